The summed E-state index contributed by atoms with van der Waals surface area (Å²) >= 11 is 0. The molecule has 0 bridgehead atoms. The minimum Gasteiger partial charge on any atom is -0.377 e. The van der Waals surface area contributed by atoms with E-state index < -0.39 is 0 Å². The first-order chi connectivity index (χ1) is 8.52. The quantitative estimate of drug-likeness (QED) is 0.746. The smallest absolute Gasteiger partial charge is 0.0625 e. The summed E-state index contributed by atoms with van der Waals surface area (Å²) in [4.78, 5) is 0. The van der Waals surface area contributed by atoms with Crippen LogP contribution in [0.2, 0.25) is 0 Å². The van der Waals surface area contributed by atoms with Gasteiger partial charge in [-0.3, -0.25) is 0 Å². The molecular formula is C16H33NO. The SMILES string of the molecule is CCCNC(COC1CC(C)CC(C)C1)C(C)C. The lowest BCUT2D eigenvalue weighted by Crippen LogP contribution is -2.40. The minimum atomic E-state index is 0.494. The molecule has 0 aromatic heterocycles. The summed E-state index contributed by atoms with van der Waals surface area (Å²) < 4.78 is 6.18. The summed E-state index contributed by atoms with van der Waals surface area (Å²) in [6.07, 6.45) is 5.57. The number of hydrogen-bond acceptors (Lipinski definition) is 2. The van der Waals surface area contributed by atoms with Crippen molar-refractivity contribution in [2.24, 2.45) is 17.8 Å². The third-order valence-corrected chi connectivity index (χ3v) is 4.11. The zero-order valence-electron chi connectivity index (χ0n) is 13.0. The summed E-state index contributed by atoms with van der Waals surface area (Å²) in [7, 11) is 0. The van der Waals surface area contributed by atoms with Crippen LogP contribution in [0.1, 0.15) is 60.3 Å². The molecule has 0 saturated heterocycles. The van der Waals surface area contributed by atoms with Crippen molar-refractivity contribution in [3.05, 3.63) is 0 Å². The topological polar surface area (TPSA) is 21.3 Å². The van der Waals surface area contributed by atoms with Gasteiger partial charge in [-0.2, -0.15) is 0 Å². The van der Waals surface area contributed by atoms with Crippen LogP contribution in [-0.2, 0) is 4.74 Å². The van der Waals surface area contributed by atoms with Gasteiger partial charge in [-0.1, -0.05) is 34.6 Å². The zero-order chi connectivity index (χ0) is 13.5. The van der Waals surface area contributed by atoms with Gasteiger partial charge in [0.2, 0.25) is 0 Å². The Bertz CT molecular complexity index is 207. The molecule has 3 unspecified atom stereocenters. The third kappa shape index (κ3) is 5.71. The van der Waals surface area contributed by atoms with Gasteiger partial charge in [0.05, 0.1) is 12.7 Å². The number of nitrogens with one attached hydrogen (secondary N) is 1. The Balaban J connectivity index is 2.32. The molecule has 2 heteroatoms. The van der Waals surface area contributed by atoms with Crippen LogP contribution >= 0.6 is 0 Å². The summed E-state index contributed by atoms with van der Waals surface area (Å²) in [6, 6.07) is 0.512. The van der Waals surface area contributed by atoms with E-state index in [9.17, 15) is 0 Å². The molecule has 0 heterocycles. The molecule has 0 spiro atoms. The maximum absolute atomic E-state index is 6.18. The molecule has 0 aromatic carbocycles. The van der Waals surface area contributed by atoms with Crippen molar-refractivity contribution < 1.29 is 4.74 Å². The summed E-state index contributed by atoms with van der Waals surface area (Å²) in [5.74, 6) is 2.31. The van der Waals surface area contributed by atoms with Gasteiger partial charge in [0.15, 0.2) is 0 Å². The Morgan fingerprint density at radius 1 is 1.11 bits per heavy atom. The molecule has 0 radical (unpaired) electrons. The van der Waals surface area contributed by atoms with Crippen LogP contribution in [0.5, 0.6) is 0 Å². The lowest BCUT2D eigenvalue weighted by molar-refractivity contribution is -0.0139. The highest BCUT2D eigenvalue weighted by molar-refractivity contribution is 4.77. The average molecular weight is 255 g/mol. The molecule has 1 aliphatic rings. The molecule has 2 nitrogen and oxygen atoms in total. The predicted molar refractivity (Wildman–Crippen MR) is 78.8 cm³/mol. The second kappa shape index (κ2) is 8.16. The van der Waals surface area contributed by atoms with Crippen molar-refractivity contribution in [3.63, 3.8) is 0 Å². The Morgan fingerprint density at radius 2 is 1.72 bits per heavy atom. The molecule has 1 rings (SSSR count). The average Bonchev–Trinajstić information content (AvgIpc) is 2.27. The largest absolute Gasteiger partial charge is 0.377 e. The molecule has 1 aliphatic carbocycles. The molecule has 1 fully saturated rings. The van der Waals surface area contributed by atoms with Crippen molar-refractivity contribution in [2.45, 2.75) is 72.4 Å². The molecule has 0 amide bonds. The Kier molecular flexibility index (Phi) is 7.25. The fraction of sp³-hybridized carbons (Fsp3) is 1.00. The Hall–Kier alpha value is -0.0800. The third-order valence-electron chi connectivity index (χ3n) is 4.11. The van der Waals surface area contributed by atoms with Crippen molar-refractivity contribution >= 4 is 0 Å². The molecule has 3 atom stereocenters. The van der Waals surface area contributed by atoms with Gasteiger partial charge in [0, 0.05) is 6.04 Å². The van der Waals surface area contributed by atoms with Gasteiger partial charge in [-0.15, -0.1) is 0 Å². The van der Waals surface area contributed by atoms with Gasteiger partial charge in [-0.25, -0.2) is 0 Å². The van der Waals surface area contributed by atoms with E-state index >= 15 is 0 Å². The first kappa shape index (κ1) is 16.0. The second-order valence-corrected chi connectivity index (χ2v) is 6.68. The van der Waals surface area contributed by atoms with Crippen LogP contribution in [0, 0.1) is 17.8 Å². The lowest BCUT2D eigenvalue weighted by atomic mass is 9.82. The van der Waals surface area contributed by atoms with E-state index in [4.69, 9.17) is 4.74 Å². The lowest BCUT2D eigenvalue weighted by Gasteiger charge is -2.33. The minimum absolute atomic E-state index is 0.494. The molecule has 0 aromatic rings. The van der Waals surface area contributed by atoms with Crippen molar-refractivity contribution in [3.8, 4) is 0 Å². The standard InChI is InChI=1S/C16H33NO/c1-6-7-17-16(12(2)3)11-18-15-9-13(4)8-14(5)10-15/h12-17H,6-11H2,1-5H3. The fourth-order valence-corrected chi connectivity index (χ4v) is 3.07. The Morgan fingerprint density at radius 3 is 2.22 bits per heavy atom. The second-order valence-electron chi connectivity index (χ2n) is 6.68. The monoisotopic (exact) mass is 255 g/mol. The maximum Gasteiger partial charge on any atom is 0.0625 e. The van der Waals surface area contributed by atoms with E-state index in [-0.39, 0.29) is 0 Å². The van der Waals surface area contributed by atoms with E-state index in [1.165, 1.54) is 25.7 Å². The van der Waals surface area contributed by atoms with Gasteiger partial charge in [0.25, 0.3) is 0 Å². The van der Waals surface area contributed by atoms with Crippen LogP contribution in [-0.4, -0.2) is 25.3 Å². The van der Waals surface area contributed by atoms with Crippen LogP contribution in [0.3, 0.4) is 0 Å². The highest BCUT2D eigenvalue weighted by Gasteiger charge is 2.25. The van der Waals surface area contributed by atoms with Crippen LogP contribution in [0.4, 0.5) is 0 Å². The molecular weight excluding hydrogens is 222 g/mol. The molecule has 18 heavy (non-hydrogen) atoms. The van der Waals surface area contributed by atoms with Gasteiger partial charge >= 0.3 is 0 Å². The Labute approximate surface area is 114 Å². The predicted octanol–water partition coefficient (Wildman–Crippen LogP) is 3.85. The number of rotatable bonds is 7. The maximum atomic E-state index is 6.18. The van der Waals surface area contributed by atoms with Gasteiger partial charge < -0.3 is 10.1 Å². The highest BCUT2D eigenvalue weighted by atomic mass is 16.5. The van der Waals surface area contributed by atoms with Crippen molar-refractivity contribution in [1.82, 2.24) is 5.32 Å². The highest BCUT2D eigenvalue weighted by Crippen LogP contribution is 2.30. The molecule has 108 valence electrons. The molecule has 1 N–H and O–H groups in total. The van der Waals surface area contributed by atoms with E-state index in [0.29, 0.717) is 18.1 Å². The zero-order valence-corrected chi connectivity index (χ0v) is 13.0. The van der Waals surface area contributed by atoms with E-state index in [1.54, 1.807) is 0 Å². The molecule has 1 saturated carbocycles. The van der Waals surface area contributed by atoms with Gasteiger partial charge in [0.1, 0.15) is 0 Å². The molecule has 0 aliphatic heterocycles. The van der Waals surface area contributed by atoms with E-state index in [2.05, 4.69) is 39.9 Å². The summed E-state index contributed by atoms with van der Waals surface area (Å²) in [5, 5.41) is 3.61. The number of ether oxygens (including phenoxy) is 1. The van der Waals surface area contributed by atoms with Crippen LogP contribution < -0.4 is 5.32 Å². The van der Waals surface area contributed by atoms with Gasteiger partial charge in [-0.05, 0) is 50.0 Å². The van der Waals surface area contributed by atoms with Crippen LogP contribution in [0.25, 0.3) is 0 Å². The van der Waals surface area contributed by atoms with Crippen molar-refractivity contribution in [2.75, 3.05) is 13.2 Å². The van der Waals surface area contributed by atoms with E-state index in [1.807, 2.05) is 0 Å². The summed E-state index contributed by atoms with van der Waals surface area (Å²) in [6.45, 7) is 13.5. The number of hydrogen-bond donors (Lipinski definition) is 1. The summed E-state index contributed by atoms with van der Waals surface area (Å²) in [5.41, 5.74) is 0. The van der Waals surface area contributed by atoms with E-state index in [0.717, 1.165) is 25.0 Å². The fourth-order valence-electron chi connectivity index (χ4n) is 3.07. The van der Waals surface area contributed by atoms with Crippen LogP contribution in [0.15, 0.2) is 0 Å². The normalized spacial score (nSPS) is 30.7. The van der Waals surface area contributed by atoms with Crippen molar-refractivity contribution in [1.29, 1.82) is 0 Å². The first-order valence-electron chi connectivity index (χ1n) is 7.87. The first-order valence-corrected chi connectivity index (χ1v) is 7.87.